The van der Waals surface area contributed by atoms with E-state index in [1.807, 2.05) is 49.4 Å². The first-order valence-electron chi connectivity index (χ1n) is 8.85. The summed E-state index contributed by atoms with van der Waals surface area (Å²) in [6, 6.07) is 16.1. The van der Waals surface area contributed by atoms with Crippen LogP contribution in [-0.4, -0.2) is 13.0 Å². The van der Waals surface area contributed by atoms with Gasteiger partial charge in [-0.1, -0.05) is 43.0 Å². The summed E-state index contributed by atoms with van der Waals surface area (Å²) in [7, 11) is 1.66. The SMILES string of the molecule is CC/C=C\C(C(=O)NCc1ccc(Sc2ccc(OC)cc2)cc1)=C(/C)N. The van der Waals surface area contributed by atoms with Crippen LogP contribution in [0.3, 0.4) is 0 Å². The molecule has 2 aromatic rings. The molecule has 5 heteroatoms. The minimum absolute atomic E-state index is 0.156. The Morgan fingerprint density at radius 2 is 1.70 bits per heavy atom. The van der Waals surface area contributed by atoms with Crippen LogP contribution < -0.4 is 15.8 Å². The topological polar surface area (TPSA) is 64.3 Å². The van der Waals surface area contributed by atoms with E-state index in [-0.39, 0.29) is 5.91 Å². The number of nitrogens with one attached hydrogen (secondary N) is 1. The monoisotopic (exact) mass is 382 g/mol. The molecule has 0 atom stereocenters. The van der Waals surface area contributed by atoms with Crippen molar-refractivity contribution < 1.29 is 9.53 Å². The smallest absolute Gasteiger partial charge is 0.253 e. The number of carbonyl (C=O) groups excluding carboxylic acids is 1. The fourth-order valence-electron chi connectivity index (χ4n) is 2.35. The van der Waals surface area contributed by atoms with Crippen molar-refractivity contribution in [2.24, 2.45) is 5.73 Å². The Bertz CT molecular complexity index is 805. The second-order valence-electron chi connectivity index (χ2n) is 6.01. The van der Waals surface area contributed by atoms with Crippen LogP contribution in [0.4, 0.5) is 0 Å². The van der Waals surface area contributed by atoms with Gasteiger partial charge in [0.2, 0.25) is 0 Å². The van der Waals surface area contributed by atoms with Crippen LogP contribution in [0.15, 0.2) is 81.7 Å². The molecule has 0 fully saturated rings. The van der Waals surface area contributed by atoms with Crippen LogP contribution in [-0.2, 0) is 11.3 Å². The molecular weight excluding hydrogens is 356 g/mol. The van der Waals surface area contributed by atoms with Crippen molar-refractivity contribution in [2.75, 3.05) is 7.11 Å². The van der Waals surface area contributed by atoms with E-state index in [0.29, 0.717) is 17.8 Å². The standard InChI is InChI=1S/C22H26N2O2S/c1-4-5-6-21(16(2)23)22(25)24-15-17-7-11-19(12-8-17)27-20-13-9-18(26-3)10-14-20/h5-14H,4,15,23H2,1-3H3,(H,24,25)/b6-5-,21-16-. The Labute approximate surface area is 165 Å². The molecule has 0 saturated heterocycles. The summed E-state index contributed by atoms with van der Waals surface area (Å²) in [5.74, 6) is 0.691. The molecule has 0 aliphatic rings. The third kappa shape index (κ3) is 6.53. The molecule has 2 rings (SSSR count). The third-order valence-corrected chi connectivity index (χ3v) is 4.88. The second-order valence-corrected chi connectivity index (χ2v) is 7.16. The molecule has 0 aliphatic carbocycles. The minimum atomic E-state index is -0.156. The number of ether oxygens (including phenoxy) is 1. The Hall–Kier alpha value is -2.66. The Morgan fingerprint density at radius 1 is 1.11 bits per heavy atom. The quantitative estimate of drug-likeness (QED) is 0.515. The molecule has 0 spiro atoms. The molecule has 0 heterocycles. The highest BCUT2D eigenvalue weighted by Gasteiger charge is 2.08. The van der Waals surface area contributed by atoms with Gasteiger partial charge in [0.1, 0.15) is 5.75 Å². The van der Waals surface area contributed by atoms with Crippen LogP contribution in [0.5, 0.6) is 5.75 Å². The number of rotatable bonds is 8. The van der Waals surface area contributed by atoms with E-state index in [1.165, 1.54) is 0 Å². The first-order valence-corrected chi connectivity index (χ1v) is 9.67. The molecular formula is C22H26N2O2S. The number of methoxy groups -OCH3 is 1. The van der Waals surface area contributed by atoms with Gasteiger partial charge in [0.05, 0.1) is 12.7 Å². The molecule has 0 unspecified atom stereocenters. The molecule has 0 radical (unpaired) electrons. The summed E-state index contributed by atoms with van der Waals surface area (Å²) >= 11 is 1.68. The molecule has 4 nitrogen and oxygen atoms in total. The number of allylic oxidation sites excluding steroid dienone is 2. The number of hydrogen-bond acceptors (Lipinski definition) is 4. The van der Waals surface area contributed by atoms with Gasteiger partial charge in [-0.3, -0.25) is 4.79 Å². The van der Waals surface area contributed by atoms with Crippen molar-refractivity contribution in [3.63, 3.8) is 0 Å². The van der Waals surface area contributed by atoms with Crippen molar-refractivity contribution in [3.8, 4) is 5.75 Å². The highest BCUT2D eigenvalue weighted by molar-refractivity contribution is 7.99. The number of amides is 1. The first-order chi connectivity index (χ1) is 13.0. The normalized spacial score (nSPS) is 12.0. The van der Waals surface area contributed by atoms with Gasteiger partial charge in [-0.05, 0) is 55.3 Å². The van der Waals surface area contributed by atoms with Crippen LogP contribution in [0, 0.1) is 0 Å². The summed E-state index contributed by atoms with van der Waals surface area (Å²) in [6.07, 6.45) is 4.56. The van der Waals surface area contributed by atoms with Gasteiger partial charge in [-0.2, -0.15) is 0 Å². The first kappa shape index (κ1) is 20.6. The molecule has 0 aliphatic heterocycles. The van der Waals surface area contributed by atoms with E-state index in [0.717, 1.165) is 27.5 Å². The van der Waals surface area contributed by atoms with E-state index in [4.69, 9.17) is 10.5 Å². The van der Waals surface area contributed by atoms with Crippen LogP contribution in [0.25, 0.3) is 0 Å². The van der Waals surface area contributed by atoms with Gasteiger partial charge >= 0.3 is 0 Å². The van der Waals surface area contributed by atoms with Crippen molar-refractivity contribution in [1.82, 2.24) is 5.32 Å². The van der Waals surface area contributed by atoms with Crippen LogP contribution in [0.2, 0.25) is 0 Å². The maximum Gasteiger partial charge on any atom is 0.253 e. The van der Waals surface area contributed by atoms with Crippen molar-refractivity contribution in [1.29, 1.82) is 0 Å². The Kier molecular flexibility index (Phi) is 8.01. The Morgan fingerprint density at radius 3 is 2.22 bits per heavy atom. The van der Waals surface area contributed by atoms with Crippen molar-refractivity contribution in [3.05, 3.63) is 77.5 Å². The Balaban J connectivity index is 1.94. The van der Waals surface area contributed by atoms with Crippen molar-refractivity contribution >= 4 is 17.7 Å². The van der Waals surface area contributed by atoms with Crippen molar-refractivity contribution in [2.45, 2.75) is 36.6 Å². The lowest BCUT2D eigenvalue weighted by molar-refractivity contribution is -0.117. The fraction of sp³-hybridized carbons (Fsp3) is 0.227. The highest BCUT2D eigenvalue weighted by atomic mass is 32.2. The zero-order chi connectivity index (χ0) is 19.6. The number of nitrogens with two attached hydrogens (primary N) is 1. The third-order valence-electron chi connectivity index (χ3n) is 3.86. The summed E-state index contributed by atoms with van der Waals surface area (Å²) in [5.41, 5.74) is 7.89. The van der Waals surface area contributed by atoms with Crippen LogP contribution in [0.1, 0.15) is 25.8 Å². The summed E-state index contributed by atoms with van der Waals surface area (Å²) < 4.78 is 5.18. The van der Waals surface area contributed by atoms with E-state index in [9.17, 15) is 4.79 Å². The maximum absolute atomic E-state index is 12.3. The van der Waals surface area contributed by atoms with Gasteiger partial charge in [0.15, 0.2) is 0 Å². The second kappa shape index (κ2) is 10.5. The van der Waals surface area contributed by atoms with E-state index >= 15 is 0 Å². The summed E-state index contributed by atoms with van der Waals surface area (Å²) in [4.78, 5) is 14.6. The molecule has 0 saturated carbocycles. The fourth-order valence-corrected chi connectivity index (χ4v) is 3.17. The summed E-state index contributed by atoms with van der Waals surface area (Å²) in [6.45, 7) is 4.21. The number of benzene rings is 2. The van der Waals surface area contributed by atoms with Gasteiger partial charge in [-0.25, -0.2) is 0 Å². The number of hydrogen-bond donors (Lipinski definition) is 2. The molecule has 2 aromatic carbocycles. The molecule has 142 valence electrons. The lowest BCUT2D eigenvalue weighted by Gasteiger charge is -2.09. The molecule has 1 amide bonds. The molecule has 0 aromatic heterocycles. The van der Waals surface area contributed by atoms with E-state index < -0.39 is 0 Å². The van der Waals surface area contributed by atoms with E-state index in [2.05, 4.69) is 17.4 Å². The minimum Gasteiger partial charge on any atom is -0.497 e. The van der Waals surface area contributed by atoms with Gasteiger partial charge in [0, 0.05) is 22.0 Å². The van der Waals surface area contributed by atoms with Gasteiger partial charge < -0.3 is 15.8 Å². The summed E-state index contributed by atoms with van der Waals surface area (Å²) in [5, 5.41) is 2.92. The van der Waals surface area contributed by atoms with Crippen LogP contribution >= 0.6 is 11.8 Å². The number of carbonyl (C=O) groups is 1. The van der Waals surface area contributed by atoms with E-state index in [1.54, 1.807) is 31.9 Å². The molecule has 3 N–H and O–H groups in total. The van der Waals surface area contributed by atoms with Gasteiger partial charge in [0.25, 0.3) is 5.91 Å². The highest BCUT2D eigenvalue weighted by Crippen LogP contribution is 2.29. The lowest BCUT2D eigenvalue weighted by Crippen LogP contribution is -2.25. The zero-order valence-corrected chi connectivity index (χ0v) is 16.8. The average molecular weight is 383 g/mol. The molecule has 27 heavy (non-hydrogen) atoms. The van der Waals surface area contributed by atoms with Gasteiger partial charge in [-0.15, -0.1) is 0 Å². The largest absolute Gasteiger partial charge is 0.497 e. The maximum atomic E-state index is 12.3. The predicted octanol–water partition coefficient (Wildman–Crippen LogP) is 4.66. The lowest BCUT2D eigenvalue weighted by atomic mass is 10.1. The zero-order valence-electron chi connectivity index (χ0n) is 16.0. The average Bonchev–Trinajstić information content (AvgIpc) is 2.68. The molecule has 0 bridgehead atoms. The predicted molar refractivity (Wildman–Crippen MR) is 112 cm³/mol.